The summed E-state index contributed by atoms with van der Waals surface area (Å²) in [5.74, 6) is 0. The smallest absolute Gasteiger partial charge is 0.341 e. The van der Waals surface area contributed by atoms with E-state index in [-0.39, 0.29) is 6.61 Å². The molecule has 0 atom stereocenters. The summed E-state index contributed by atoms with van der Waals surface area (Å²) in [5.41, 5.74) is 0.365. The summed E-state index contributed by atoms with van der Waals surface area (Å²) in [6.07, 6.45) is 0. The molecule has 3 heteroatoms. The molecule has 1 heterocycles. The number of benzene rings is 1. The first kappa shape index (κ1) is 8.01. The molecular formula is C10H8O3. The molecular weight excluding hydrogens is 168 g/mol. The second-order valence-electron chi connectivity index (χ2n) is 2.76. The molecule has 0 aliphatic heterocycles. The van der Waals surface area contributed by atoms with Crippen LogP contribution in [-0.4, -0.2) is 5.11 Å². The van der Waals surface area contributed by atoms with E-state index in [9.17, 15) is 4.79 Å². The Kier molecular flexibility index (Phi) is 1.87. The van der Waals surface area contributed by atoms with Crippen molar-refractivity contribution >= 4 is 11.0 Å². The Hall–Kier alpha value is -1.61. The average Bonchev–Trinajstić information content (AvgIpc) is 2.17. The summed E-state index contributed by atoms with van der Waals surface area (Å²) >= 11 is 0. The maximum atomic E-state index is 11.1. The summed E-state index contributed by atoms with van der Waals surface area (Å²) < 4.78 is 4.97. The highest BCUT2D eigenvalue weighted by Gasteiger charge is 2.02. The highest BCUT2D eigenvalue weighted by atomic mass is 16.4. The summed E-state index contributed by atoms with van der Waals surface area (Å²) in [7, 11) is 0. The minimum absolute atomic E-state index is 0.285. The predicted octanol–water partition coefficient (Wildman–Crippen LogP) is 1.29. The average molecular weight is 176 g/mol. The van der Waals surface area contributed by atoms with Gasteiger partial charge < -0.3 is 9.52 Å². The van der Waals surface area contributed by atoms with Crippen molar-refractivity contribution < 1.29 is 9.52 Å². The van der Waals surface area contributed by atoms with Crippen LogP contribution in [-0.2, 0) is 6.61 Å². The van der Waals surface area contributed by atoms with E-state index >= 15 is 0 Å². The molecule has 0 saturated carbocycles. The topological polar surface area (TPSA) is 50.4 Å². The molecule has 1 aromatic heterocycles. The van der Waals surface area contributed by atoms with Gasteiger partial charge in [-0.1, -0.05) is 18.2 Å². The van der Waals surface area contributed by atoms with E-state index < -0.39 is 5.63 Å². The maximum Gasteiger partial charge on any atom is 0.341 e. The van der Waals surface area contributed by atoms with E-state index in [1.54, 1.807) is 18.2 Å². The van der Waals surface area contributed by atoms with Crippen LogP contribution in [0.2, 0.25) is 0 Å². The molecule has 0 fully saturated rings. The molecule has 0 unspecified atom stereocenters. The number of fused-ring (bicyclic) bond motifs is 1. The third-order valence-electron chi connectivity index (χ3n) is 1.88. The van der Waals surface area contributed by atoms with Crippen molar-refractivity contribution in [3.8, 4) is 0 Å². The second kappa shape index (κ2) is 3.03. The molecule has 0 aliphatic rings. The first-order chi connectivity index (χ1) is 6.31. The monoisotopic (exact) mass is 176 g/mol. The van der Waals surface area contributed by atoms with Gasteiger partial charge in [-0.15, -0.1) is 0 Å². The lowest BCUT2D eigenvalue weighted by atomic mass is 10.2. The molecule has 1 aromatic carbocycles. The molecule has 0 amide bonds. The molecule has 0 saturated heterocycles. The zero-order valence-corrected chi connectivity index (χ0v) is 6.86. The van der Waals surface area contributed by atoms with Crippen LogP contribution in [0, 0.1) is 0 Å². The summed E-state index contributed by atoms with van der Waals surface area (Å²) in [4.78, 5) is 11.1. The fourth-order valence-corrected chi connectivity index (χ4v) is 1.21. The lowest BCUT2D eigenvalue weighted by Gasteiger charge is -1.97. The molecule has 3 nitrogen and oxygen atoms in total. The van der Waals surface area contributed by atoms with Crippen LogP contribution in [0.5, 0.6) is 0 Å². The summed E-state index contributed by atoms with van der Waals surface area (Å²) in [5, 5.41) is 9.64. The van der Waals surface area contributed by atoms with E-state index in [1.165, 1.54) is 0 Å². The number of rotatable bonds is 1. The third-order valence-corrected chi connectivity index (χ3v) is 1.88. The van der Waals surface area contributed by atoms with Crippen molar-refractivity contribution in [3.63, 3.8) is 0 Å². The number of aliphatic hydroxyl groups is 1. The van der Waals surface area contributed by atoms with Gasteiger partial charge in [0.2, 0.25) is 0 Å². The summed E-state index contributed by atoms with van der Waals surface area (Å²) in [6.45, 7) is -0.285. The predicted molar refractivity (Wildman–Crippen MR) is 48.4 cm³/mol. The van der Waals surface area contributed by atoms with Gasteiger partial charge in [-0.2, -0.15) is 0 Å². The molecule has 66 valence electrons. The largest absolute Gasteiger partial charge is 0.422 e. The van der Waals surface area contributed by atoms with Gasteiger partial charge in [-0.05, 0) is 12.1 Å². The minimum atomic E-state index is -0.471. The molecule has 0 radical (unpaired) electrons. The standard InChI is InChI=1S/C10H8O3/c11-6-8-5-7-3-1-2-4-9(7)13-10(8)12/h1-5,11H,6H2. The number of para-hydroxylation sites is 1. The van der Waals surface area contributed by atoms with Crippen LogP contribution < -0.4 is 5.63 Å². The van der Waals surface area contributed by atoms with Gasteiger partial charge in [0.1, 0.15) is 5.58 Å². The van der Waals surface area contributed by atoms with E-state index in [0.717, 1.165) is 5.39 Å². The fraction of sp³-hybridized carbons (Fsp3) is 0.100. The van der Waals surface area contributed by atoms with Crippen LogP contribution in [0.3, 0.4) is 0 Å². The van der Waals surface area contributed by atoms with Crippen LogP contribution in [0.1, 0.15) is 5.56 Å². The van der Waals surface area contributed by atoms with E-state index in [2.05, 4.69) is 0 Å². The van der Waals surface area contributed by atoms with Crippen molar-refractivity contribution in [2.75, 3.05) is 0 Å². The Balaban J connectivity index is 2.81. The van der Waals surface area contributed by atoms with Crippen molar-refractivity contribution in [1.82, 2.24) is 0 Å². The molecule has 0 bridgehead atoms. The Morgan fingerprint density at radius 2 is 2.08 bits per heavy atom. The maximum absolute atomic E-state index is 11.1. The Bertz CT molecular complexity index is 485. The van der Waals surface area contributed by atoms with Gasteiger partial charge in [0.05, 0.1) is 12.2 Å². The zero-order chi connectivity index (χ0) is 9.26. The van der Waals surface area contributed by atoms with E-state index in [4.69, 9.17) is 9.52 Å². The van der Waals surface area contributed by atoms with Crippen molar-refractivity contribution in [3.05, 3.63) is 46.3 Å². The van der Waals surface area contributed by atoms with Crippen molar-refractivity contribution in [2.24, 2.45) is 0 Å². The highest BCUT2D eigenvalue weighted by molar-refractivity contribution is 5.76. The Labute approximate surface area is 74.2 Å². The van der Waals surface area contributed by atoms with Gasteiger partial charge >= 0.3 is 5.63 Å². The van der Waals surface area contributed by atoms with Gasteiger partial charge in [0.15, 0.2) is 0 Å². The van der Waals surface area contributed by atoms with Crippen LogP contribution >= 0.6 is 0 Å². The Morgan fingerprint density at radius 3 is 2.85 bits per heavy atom. The lowest BCUT2D eigenvalue weighted by Crippen LogP contribution is -2.06. The second-order valence-corrected chi connectivity index (χ2v) is 2.76. The van der Waals surface area contributed by atoms with Crippen molar-refractivity contribution in [2.45, 2.75) is 6.61 Å². The molecule has 13 heavy (non-hydrogen) atoms. The SMILES string of the molecule is O=c1oc2ccccc2cc1CO. The number of hydrogen-bond acceptors (Lipinski definition) is 3. The molecule has 1 N–H and O–H groups in total. The highest BCUT2D eigenvalue weighted by Crippen LogP contribution is 2.12. The quantitative estimate of drug-likeness (QED) is 0.666. The lowest BCUT2D eigenvalue weighted by molar-refractivity contribution is 0.276. The minimum Gasteiger partial charge on any atom is -0.422 e. The zero-order valence-electron chi connectivity index (χ0n) is 6.86. The van der Waals surface area contributed by atoms with E-state index in [1.807, 2.05) is 12.1 Å². The first-order valence-corrected chi connectivity index (χ1v) is 3.94. The van der Waals surface area contributed by atoms with Crippen LogP contribution in [0.25, 0.3) is 11.0 Å². The van der Waals surface area contributed by atoms with Gasteiger partial charge in [0, 0.05) is 5.39 Å². The van der Waals surface area contributed by atoms with E-state index in [0.29, 0.717) is 11.1 Å². The molecule has 2 rings (SSSR count). The number of aliphatic hydroxyl groups excluding tert-OH is 1. The normalized spacial score (nSPS) is 10.5. The molecule has 0 aliphatic carbocycles. The third kappa shape index (κ3) is 1.34. The molecule has 0 spiro atoms. The van der Waals surface area contributed by atoms with Gasteiger partial charge in [-0.25, -0.2) is 4.79 Å². The van der Waals surface area contributed by atoms with Gasteiger partial charge in [0.25, 0.3) is 0 Å². The van der Waals surface area contributed by atoms with Crippen LogP contribution in [0.4, 0.5) is 0 Å². The van der Waals surface area contributed by atoms with Crippen molar-refractivity contribution in [1.29, 1.82) is 0 Å². The number of hydrogen-bond donors (Lipinski definition) is 1. The van der Waals surface area contributed by atoms with Gasteiger partial charge in [-0.3, -0.25) is 0 Å². The fourth-order valence-electron chi connectivity index (χ4n) is 1.21. The Morgan fingerprint density at radius 1 is 1.31 bits per heavy atom. The molecule has 2 aromatic rings. The summed E-state index contributed by atoms with van der Waals surface area (Å²) in [6, 6.07) is 8.84. The first-order valence-electron chi connectivity index (χ1n) is 3.94. The van der Waals surface area contributed by atoms with Crippen LogP contribution in [0.15, 0.2) is 39.5 Å².